The Labute approximate surface area is 79.4 Å². The summed E-state index contributed by atoms with van der Waals surface area (Å²) in [5, 5.41) is 9.10. The molecule has 0 spiro atoms. The van der Waals surface area contributed by atoms with Crippen LogP contribution in [0.15, 0.2) is 0 Å². The fourth-order valence-electron chi connectivity index (χ4n) is 1.22. The van der Waals surface area contributed by atoms with Gasteiger partial charge in [-0.3, -0.25) is 0 Å². The molecule has 0 saturated heterocycles. The van der Waals surface area contributed by atoms with Crippen LogP contribution in [0.25, 0.3) is 0 Å². The minimum absolute atomic E-state index is 0.236. The highest BCUT2D eigenvalue weighted by atomic mass is 16.9. The van der Waals surface area contributed by atoms with Crippen LogP contribution < -0.4 is 0 Å². The van der Waals surface area contributed by atoms with E-state index in [4.69, 9.17) is 0 Å². The van der Waals surface area contributed by atoms with Gasteiger partial charge in [-0.05, 0) is 12.3 Å². The molecule has 0 aliphatic heterocycles. The summed E-state index contributed by atoms with van der Waals surface area (Å²) in [6, 6.07) is 0. The average Bonchev–Trinajstić information content (AvgIpc) is 2.04. The molecule has 0 amide bonds. The second kappa shape index (κ2) is 7.83. The molecule has 0 N–H and O–H groups in total. The fraction of sp³-hybridized carbons (Fsp3) is 1.00. The van der Waals surface area contributed by atoms with Crippen molar-refractivity contribution in [2.45, 2.75) is 46.0 Å². The third-order valence-electron chi connectivity index (χ3n) is 2.11. The van der Waals surface area contributed by atoms with Gasteiger partial charge >= 0.3 is 0 Å². The molecule has 13 heavy (non-hydrogen) atoms. The van der Waals surface area contributed by atoms with E-state index in [1.807, 2.05) is 0 Å². The van der Waals surface area contributed by atoms with E-state index in [-0.39, 0.29) is 6.61 Å². The van der Waals surface area contributed by atoms with E-state index in [1.165, 1.54) is 19.3 Å². The Morgan fingerprint density at radius 3 is 2.62 bits per heavy atom. The van der Waals surface area contributed by atoms with Crippen molar-refractivity contribution in [2.24, 2.45) is 5.92 Å². The quantitative estimate of drug-likeness (QED) is 0.335. The van der Waals surface area contributed by atoms with Crippen molar-refractivity contribution in [1.29, 1.82) is 0 Å². The van der Waals surface area contributed by atoms with Gasteiger partial charge in [-0.2, -0.15) is 0 Å². The van der Waals surface area contributed by atoms with E-state index in [0.29, 0.717) is 5.92 Å². The van der Waals surface area contributed by atoms with Gasteiger partial charge in [0.15, 0.2) is 0 Å². The summed E-state index contributed by atoms with van der Waals surface area (Å²) in [7, 11) is 0. The maximum atomic E-state index is 9.82. The van der Waals surface area contributed by atoms with Crippen LogP contribution in [0.2, 0.25) is 0 Å². The topological polar surface area (TPSA) is 52.4 Å². The van der Waals surface area contributed by atoms with Gasteiger partial charge in [0.2, 0.25) is 0 Å². The van der Waals surface area contributed by atoms with Gasteiger partial charge in [0, 0.05) is 0 Å². The maximum Gasteiger partial charge on any atom is 0.294 e. The molecule has 78 valence electrons. The minimum Gasteiger partial charge on any atom is -0.314 e. The highest BCUT2D eigenvalue weighted by Crippen LogP contribution is 2.12. The first-order valence-electron chi connectivity index (χ1n) is 4.94. The lowest BCUT2D eigenvalue weighted by atomic mass is 10.0. The summed E-state index contributed by atoms with van der Waals surface area (Å²) < 4.78 is 0. The van der Waals surface area contributed by atoms with E-state index < -0.39 is 5.09 Å². The van der Waals surface area contributed by atoms with E-state index in [2.05, 4.69) is 18.7 Å². The Hall–Kier alpha value is -0.800. The van der Waals surface area contributed by atoms with Gasteiger partial charge < -0.3 is 4.84 Å². The molecule has 1 unspecified atom stereocenters. The summed E-state index contributed by atoms with van der Waals surface area (Å²) >= 11 is 0. The van der Waals surface area contributed by atoms with E-state index in [9.17, 15) is 10.1 Å². The Balaban J connectivity index is 3.19. The van der Waals surface area contributed by atoms with Gasteiger partial charge in [0.1, 0.15) is 0 Å². The van der Waals surface area contributed by atoms with Crippen molar-refractivity contribution < 1.29 is 9.92 Å². The standard InChI is InChI=1S/C9H19NO3/c1-3-4-5-6-9(2)7-8-13-10(11)12/h9H,3-8H2,1-2H3. The fourth-order valence-corrected chi connectivity index (χ4v) is 1.22. The summed E-state index contributed by atoms with van der Waals surface area (Å²) in [5.41, 5.74) is 0. The second-order valence-electron chi connectivity index (χ2n) is 3.45. The third-order valence-corrected chi connectivity index (χ3v) is 2.11. The van der Waals surface area contributed by atoms with E-state index >= 15 is 0 Å². The first kappa shape index (κ1) is 12.2. The van der Waals surface area contributed by atoms with Crippen molar-refractivity contribution in [1.82, 2.24) is 0 Å². The lowest BCUT2D eigenvalue weighted by molar-refractivity contribution is -0.758. The lowest BCUT2D eigenvalue weighted by Crippen LogP contribution is -2.06. The first-order valence-corrected chi connectivity index (χ1v) is 4.94. The molecule has 0 radical (unpaired) electrons. The Morgan fingerprint density at radius 1 is 1.38 bits per heavy atom. The number of nitrogens with zero attached hydrogens (tertiary/aromatic N) is 1. The van der Waals surface area contributed by atoms with Crippen LogP contribution in [0.3, 0.4) is 0 Å². The van der Waals surface area contributed by atoms with Crippen molar-refractivity contribution in [3.05, 3.63) is 10.1 Å². The van der Waals surface area contributed by atoms with Crippen molar-refractivity contribution in [2.75, 3.05) is 6.61 Å². The van der Waals surface area contributed by atoms with Crippen molar-refractivity contribution in [3.8, 4) is 0 Å². The molecule has 0 bridgehead atoms. The predicted molar refractivity (Wildman–Crippen MR) is 50.9 cm³/mol. The summed E-state index contributed by atoms with van der Waals surface area (Å²) in [6.45, 7) is 4.51. The molecule has 0 saturated carbocycles. The van der Waals surface area contributed by atoms with Gasteiger partial charge in [-0.15, -0.1) is 10.1 Å². The highest BCUT2D eigenvalue weighted by molar-refractivity contribution is 4.52. The largest absolute Gasteiger partial charge is 0.314 e. The molecule has 0 aliphatic carbocycles. The number of hydrogen-bond donors (Lipinski definition) is 0. The molecule has 0 aromatic heterocycles. The molecule has 0 fully saturated rings. The second-order valence-corrected chi connectivity index (χ2v) is 3.45. The Bertz CT molecular complexity index is 139. The number of rotatable bonds is 8. The maximum absolute atomic E-state index is 9.82. The van der Waals surface area contributed by atoms with E-state index in [1.54, 1.807) is 0 Å². The minimum atomic E-state index is -0.723. The van der Waals surface area contributed by atoms with Gasteiger partial charge in [-0.1, -0.05) is 39.5 Å². The molecule has 0 rings (SSSR count). The highest BCUT2D eigenvalue weighted by Gasteiger charge is 2.03. The summed E-state index contributed by atoms with van der Waals surface area (Å²) in [4.78, 5) is 14.1. The van der Waals surface area contributed by atoms with Gasteiger partial charge in [-0.25, -0.2) is 0 Å². The Kier molecular flexibility index (Phi) is 7.35. The summed E-state index contributed by atoms with van der Waals surface area (Å²) in [6.07, 6.45) is 5.62. The monoisotopic (exact) mass is 189 g/mol. The SMILES string of the molecule is CCCCCC(C)CCO[N+](=O)[O-]. The van der Waals surface area contributed by atoms with Crippen molar-refractivity contribution >= 4 is 0 Å². The third kappa shape index (κ3) is 9.11. The van der Waals surface area contributed by atoms with Crippen LogP contribution in [-0.4, -0.2) is 11.7 Å². The Morgan fingerprint density at radius 2 is 2.08 bits per heavy atom. The van der Waals surface area contributed by atoms with Crippen LogP contribution in [-0.2, 0) is 4.84 Å². The van der Waals surface area contributed by atoms with Crippen LogP contribution in [0.1, 0.15) is 46.0 Å². The molecular weight excluding hydrogens is 170 g/mol. The first-order chi connectivity index (χ1) is 6.16. The van der Waals surface area contributed by atoms with Crippen LogP contribution in [0.4, 0.5) is 0 Å². The molecule has 4 nitrogen and oxygen atoms in total. The molecule has 4 heteroatoms. The number of hydrogen-bond acceptors (Lipinski definition) is 3. The normalized spacial score (nSPS) is 12.5. The zero-order chi connectivity index (χ0) is 10.1. The lowest BCUT2D eigenvalue weighted by Gasteiger charge is -2.09. The average molecular weight is 189 g/mol. The van der Waals surface area contributed by atoms with Crippen LogP contribution >= 0.6 is 0 Å². The molecule has 1 atom stereocenters. The zero-order valence-corrected chi connectivity index (χ0v) is 8.49. The molecule has 0 heterocycles. The molecule has 0 aliphatic rings. The van der Waals surface area contributed by atoms with Crippen LogP contribution in [0, 0.1) is 16.0 Å². The van der Waals surface area contributed by atoms with Gasteiger partial charge in [0.05, 0.1) is 6.61 Å². The predicted octanol–water partition coefficient (Wildman–Crippen LogP) is 2.80. The van der Waals surface area contributed by atoms with Crippen LogP contribution in [0.5, 0.6) is 0 Å². The van der Waals surface area contributed by atoms with Gasteiger partial charge in [0.25, 0.3) is 5.09 Å². The van der Waals surface area contributed by atoms with E-state index in [0.717, 1.165) is 12.8 Å². The number of unbranched alkanes of at least 4 members (excludes halogenated alkanes) is 2. The molecule has 0 aromatic carbocycles. The summed E-state index contributed by atoms with van der Waals surface area (Å²) in [5.74, 6) is 0.534. The molecular formula is C9H19NO3. The van der Waals surface area contributed by atoms with Crippen molar-refractivity contribution in [3.63, 3.8) is 0 Å². The zero-order valence-electron chi connectivity index (χ0n) is 8.49. The smallest absolute Gasteiger partial charge is 0.294 e. The molecule has 0 aromatic rings.